The smallest absolute Gasteiger partial charge is 0.320 e. The maximum Gasteiger partial charge on any atom is 0.320 e. The molecule has 0 radical (unpaired) electrons. The molecule has 0 spiro atoms. The highest BCUT2D eigenvalue weighted by Gasteiger charge is 2.33. The lowest BCUT2D eigenvalue weighted by Gasteiger charge is -2.37. The molecular weight excluding hydrogens is 290 g/mol. The van der Waals surface area contributed by atoms with Crippen molar-refractivity contribution in [2.24, 2.45) is 0 Å². The number of amides is 2. The molecule has 3 heterocycles. The summed E-state index contributed by atoms with van der Waals surface area (Å²) in [5.41, 5.74) is 1.25. The Morgan fingerprint density at radius 2 is 2.00 bits per heavy atom. The fraction of sp³-hybridized carbons (Fsp3) is 0.765. The van der Waals surface area contributed by atoms with Crippen LogP contribution in [-0.2, 0) is 13.1 Å². The van der Waals surface area contributed by atoms with Crippen molar-refractivity contribution in [3.05, 3.63) is 17.7 Å². The molecule has 1 atom stereocenters. The van der Waals surface area contributed by atoms with Gasteiger partial charge in [-0.05, 0) is 40.7 Å². The molecule has 1 unspecified atom stereocenters. The van der Waals surface area contributed by atoms with Crippen LogP contribution in [-0.4, -0.2) is 63.0 Å². The third kappa shape index (κ3) is 3.09. The van der Waals surface area contributed by atoms with Crippen LogP contribution in [0.5, 0.6) is 0 Å². The third-order valence-electron chi connectivity index (χ3n) is 5.29. The van der Waals surface area contributed by atoms with Gasteiger partial charge in [-0.25, -0.2) is 9.78 Å². The van der Waals surface area contributed by atoms with Gasteiger partial charge in [0, 0.05) is 45.0 Å². The minimum absolute atomic E-state index is 0.0509. The molecule has 3 rings (SSSR count). The van der Waals surface area contributed by atoms with Crippen LogP contribution >= 0.6 is 0 Å². The Morgan fingerprint density at radius 3 is 2.65 bits per heavy atom. The van der Waals surface area contributed by atoms with E-state index in [1.54, 1.807) is 0 Å². The molecule has 23 heavy (non-hydrogen) atoms. The SMILES string of the molecule is CC(C)N(C)Cc1cnc2n1CCN(C(=O)N1CCCC1)C2C. The van der Waals surface area contributed by atoms with Gasteiger partial charge in [0.1, 0.15) is 5.82 Å². The third-order valence-corrected chi connectivity index (χ3v) is 5.29. The van der Waals surface area contributed by atoms with Gasteiger partial charge in [-0.1, -0.05) is 0 Å². The summed E-state index contributed by atoms with van der Waals surface area (Å²) in [7, 11) is 2.14. The van der Waals surface area contributed by atoms with Crippen molar-refractivity contribution in [3.63, 3.8) is 0 Å². The molecule has 6 nitrogen and oxygen atoms in total. The molecule has 128 valence electrons. The number of nitrogens with zero attached hydrogens (tertiary/aromatic N) is 5. The van der Waals surface area contributed by atoms with E-state index in [0.29, 0.717) is 6.04 Å². The van der Waals surface area contributed by atoms with Gasteiger partial charge in [0.25, 0.3) is 0 Å². The fourth-order valence-electron chi connectivity index (χ4n) is 3.48. The van der Waals surface area contributed by atoms with E-state index in [1.807, 2.05) is 16.0 Å². The largest absolute Gasteiger partial charge is 0.327 e. The molecule has 1 aromatic heterocycles. The number of aromatic nitrogens is 2. The average Bonchev–Trinajstić information content (AvgIpc) is 3.17. The molecule has 2 aliphatic rings. The predicted molar refractivity (Wildman–Crippen MR) is 90.2 cm³/mol. The van der Waals surface area contributed by atoms with E-state index in [0.717, 1.165) is 51.4 Å². The van der Waals surface area contributed by atoms with E-state index in [-0.39, 0.29) is 12.1 Å². The van der Waals surface area contributed by atoms with Gasteiger partial charge in [0.05, 0.1) is 11.7 Å². The normalized spacial score (nSPS) is 21.4. The zero-order valence-corrected chi connectivity index (χ0v) is 14.8. The molecule has 1 aromatic rings. The summed E-state index contributed by atoms with van der Waals surface area (Å²) in [6, 6.07) is 0.746. The summed E-state index contributed by atoms with van der Waals surface area (Å²) in [4.78, 5) is 23.6. The standard InChI is InChI=1S/C17H29N5O/c1-13(2)19(4)12-15-11-18-16-14(3)21(9-10-22(15)16)17(23)20-7-5-6-8-20/h11,13-14H,5-10,12H2,1-4H3. The molecule has 1 saturated heterocycles. The van der Waals surface area contributed by atoms with Crippen LogP contribution in [0.3, 0.4) is 0 Å². The van der Waals surface area contributed by atoms with Gasteiger partial charge in [-0.15, -0.1) is 0 Å². The molecule has 6 heteroatoms. The highest BCUT2D eigenvalue weighted by molar-refractivity contribution is 5.75. The predicted octanol–water partition coefficient (Wildman–Crippen LogP) is 2.32. The van der Waals surface area contributed by atoms with Gasteiger partial charge in [-0.3, -0.25) is 4.90 Å². The second kappa shape index (κ2) is 6.51. The monoisotopic (exact) mass is 319 g/mol. The van der Waals surface area contributed by atoms with Crippen molar-refractivity contribution < 1.29 is 4.79 Å². The minimum Gasteiger partial charge on any atom is -0.327 e. The number of hydrogen-bond donors (Lipinski definition) is 0. The zero-order chi connectivity index (χ0) is 16.6. The van der Waals surface area contributed by atoms with E-state index >= 15 is 0 Å². The lowest BCUT2D eigenvalue weighted by atomic mass is 10.2. The Morgan fingerprint density at radius 1 is 1.30 bits per heavy atom. The Kier molecular flexibility index (Phi) is 4.62. The number of carbonyl (C=O) groups is 1. The van der Waals surface area contributed by atoms with Crippen LogP contribution in [0.25, 0.3) is 0 Å². The lowest BCUT2D eigenvalue weighted by Crippen LogP contribution is -2.47. The van der Waals surface area contributed by atoms with E-state index in [4.69, 9.17) is 0 Å². The highest BCUT2D eigenvalue weighted by Crippen LogP contribution is 2.27. The van der Waals surface area contributed by atoms with Gasteiger partial charge >= 0.3 is 6.03 Å². The number of urea groups is 1. The Bertz CT molecular complexity index is 561. The van der Waals surface area contributed by atoms with Crippen molar-refractivity contribution in [3.8, 4) is 0 Å². The summed E-state index contributed by atoms with van der Waals surface area (Å²) in [5, 5.41) is 0. The highest BCUT2D eigenvalue weighted by atomic mass is 16.2. The maximum atomic E-state index is 12.7. The van der Waals surface area contributed by atoms with Gasteiger partial charge < -0.3 is 14.4 Å². The van der Waals surface area contributed by atoms with Crippen LogP contribution in [0.2, 0.25) is 0 Å². The molecule has 2 amide bonds. The summed E-state index contributed by atoms with van der Waals surface area (Å²) < 4.78 is 2.30. The van der Waals surface area contributed by atoms with E-state index in [1.165, 1.54) is 5.69 Å². The number of rotatable bonds is 3. The van der Waals surface area contributed by atoms with E-state index in [9.17, 15) is 4.79 Å². The van der Waals surface area contributed by atoms with Gasteiger partial charge in [0.2, 0.25) is 0 Å². The maximum absolute atomic E-state index is 12.7. The summed E-state index contributed by atoms with van der Waals surface area (Å²) >= 11 is 0. The second-order valence-electron chi connectivity index (χ2n) is 7.11. The summed E-state index contributed by atoms with van der Waals surface area (Å²) in [6.07, 6.45) is 4.25. The van der Waals surface area contributed by atoms with Crippen LogP contribution in [0.15, 0.2) is 6.20 Å². The summed E-state index contributed by atoms with van der Waals surface area (Å²) in [5.74, 6) is 1.02. The molecule has 2 aliphatic heterocycles. The Labute approximate surface area is 139 Å². The topological polar surface area (TPSA) is 44.6 Å². The van der Waals surface area contributed by atoms with Crippen molar-refractivity contribution >= 4 is 6.03 Å². The first-order chi connectivity index (χ1) is 11.0. The molecule has 0 aliphatic carbocycles. The molecule has 0 aromatic carbocycles. The fourth-order valence-corrected chi connectivity index (χ4v) is 3.48. The van der Waals surface area contributed by atoms with Crippen LogP contribution in [0.1, 0.15) is 51.2 Å². The summed E-state index contributed by atoms with van der Waals surface area (Å²) in [6.45, 7) is 10.8. The van der Waals surface area contributed by atoms with Crippen LogP contribution < -0.4 is 0 Å². The Balaban J connectivity index is 1.74. The number of likely N-dealkylation sites (tertiary alicyclic amines) is 1. The molecular formula is C17H29N5O. The number of imidazole rings is 1. The first kappa shape index (κ1) is 16.3. The van der Waals surface area contributed by atoms with Gasteiger partial charge in [0.15, 0.2) is 0 Å². The first-order valence-corrected chi connectivity index (χ1v) is 8.79. The van der Waals surface area contributed by atoms with Gasteiger partial charge in [-0.2, -0.15) is 0 Å². The molecule has 0 N–H and O–H groups in total. The van der Waals surface area contributed by atoms with Crippen molar-refractivity contribution in [2.75, 3.05) is 26.7 Å². The second-order valence-corrected chi connectivity index (χ2v) is 7.11. The first-order valence-electron chi connectivity index (χ1n) is 8.79. The number of hydrogen-bond acceptors (Lipinski definition) is 3. The molecule has 0 saturated carbocycles. The zero-order valence-electron chi connectivity index (χ0n) is 14.8. The number of carbonyl (C=O) groups excluding carboxylic acids is 1. The van der Waals surface area contributed by atoms with Crippen molar-refractivity contribution in [2.45, 2.75) is 58.8 Å². The average molecular weight is 319 g/mol. The van der Waals surface area contributed by atoms with Crippen molar-refractivity contribution in [1.82, 2.24) is 24.3 Å². The van der Waals surface area contributed by atoms with Crippen molar-refractivity contribution in [1.29, 1.82) is 0 Å². The van der Waals surface area contributed by atoms with E-state index in [2.05, 4.69) is 42.3 Å². The molecule has 0 bridgehead atoms. The van der Waals surface area contributed by atoms with Crippen LogP contribution in [0, 0.1) is 0 Å². The number of fused-ring (bicyclic) bond motifs is 1. The lowest BCUT2D eigenvalue weighted by molar-refractivity contribution is 0.128. The minimum atomic E-state index is 0.0509. The van der Waals surface area contributed by atoms with E-state index < -0.39 is 0 Å². The van der Waals surface area contributed by atoms with Crippen LogP contribution in [0.4, 0.5) is 4.79 Å². The Hall–Kier alpha value is -1.56. The quantitative estimate of drug-likeness (QED) is 0.859. The molecule has 1 fully saturated rings.